The van der Waals surface area contributed by atoms with Crippen molar-refractivity contribution < 1.29 is 21.9 Å². The van der Waals surface area contributed by atoms with Crippen LogP contribution in [0.1, 0.15) is 24.0 Å². The number of H-pyrrole nitrogens is 1. The van der Waals surface area contributed by atoms with Gasteiger partial charge in [0.1, 0.15) is 5.82 Å². The summed E-state index contributed by atoms with van der Waals surface area (Å²) in [5.74, 6) is 3.41. The van der Waals surface area contributed by atoms with Gasteiger partial charge in [-0.3, -0.25) is 9.82 Å². The standard InChI is InChI=1S/C18H14F2N4O3S/c1-27-18-13-8-10(9-21-17(13)22-23-18)2-5-12-14(19)6-7-15(16(12)20)24-28(25,26)11-3-4-11/h6-9,11,24H,3-4H2,1H3,(H,21,22,23). The number of fused-ring (bicyclic) bond motifs is 1. The topological polar surface area (TPSA) is 97.0 Å². The van der Waals surface area contributed by atoms with Crippen molar-refractivity contribution in [3.63, 3.8) is 0 Å². The van der Waals surface area contributed by atoms with Crippen LogP contribution >= 0.6 is 0 Å². The highest BCUT2D eigenvalue weighted by molar-refractivity contribution is 7.93. The first kappa shape index (κ1) is 18.2. The number of sulfonamides is 1. The van der Waals surface area contributed by atoms with Crippen LogP contribution in [0.4, 0.5) is 14.5 Å². The Labute approximate surface area is 159 Å². The molecule has 2 heterocycles. The third-order valence-corrected chi connectivity index (χ3v) is 6.07. The lowest BCUT2D eigenvalue weighted by atomic mass is 10.1. The van der Waals surface area contributed by atoms with Crippen LogP contribution in [0.3, 0.4) is 0 Å². The number of benzene rings is 1. The number of halogens is 2. The van der Waals surface area contributed by atoms with Crippen LogP contribution in [0.25, 0.3) is 11.0 Å². The Morgan fingerprint density at radius 2 is 2.07 bits per heavy atom. The number of anilines is 1. The maximum atomic E-state index is 14.7. The summed E-state index contributed by atoms with van der Waals surface area (Å²) in [6.45, 7) is 0. The van der Waals surface area contributed by atoms with E-state index in [9.17, 15) is 17.2 Å². The van der Waals surface area contributed by atoms with E-state index in [0.29, 0.717) is 35.3 Å². The Kier molecular flexibility index (Phi) is 4.39. The van der Waals surface area contributed by atoms with Gasteiger partial charge < -0.3 is 4.74 Å². The van der Waals surface area contributed by atoms with Gasteiger partial charge in [-0.1, -0.05) is 11.8 Å². The molecule has 0 aliphatic heterocycles. The van der Waals surface area contributed by atoms with Gasteiger partial charge in [0.2, 0.25) is 15.9 Å². The second-order valence-electron chi connectivity index (χ2n) is 6.23. The number of aromatic amines is 1. The quantitative estimate of drug-likeness (QED) is 0.652. The minimum absolute atomic E-state index is 0.319. The van der Waals surface area contributed by atoms with Crippen molar-refractivity contribution in [1.29, 1.82) is 0 Å². The summed E-state index contributed by atoms with van der Waals surface area (Å²) in [6, 6.07) is 3.63. The SMILES string of the molecule is COc1n[nH]c2ncc(C#Cc3c(F)ccc(NS(=O)(=O)C4CC4)c3F)cc12. The molecule has 144 valence electrons. The van der Waals surface area contributed by atoms with Gasteiger partial charge in [0.15, 0.2) is 11.5 Å². The average molecular weight is 404 g/mol. The summed E-state index contributed by atoms with van der Waals surface area (Å²) in [5.41, 5.74) is 0.00383. The molecule has 3 aromatic rings. The second-order valence-corrected chi connectivity index (χ2v) is 8.19. The number of ether oxygens (including phenoxy) is 1. The van der Waals surface area contributed by atoms with Crippen molar-refractivity contribution in [2.45, 2.75) is 18.1 Å². The summed E-state index contributed by atoms with van der Waals surface area (Å²) < 4.78 is 60.0. The van der Waals surface area contributed by atoms with Gasteiger partial charge in [-0.2, -0.15) is 0 Å². The van der Waals surface area contributed by atoms with Gasteiger partial charge in [0, 0.05) is 11.8 Å². The summed E-state index contributed by atoms with van der Waals surface area (Å²) in [7, 11) is -2.23. The van der Waals surface area contributed by atoms with Crippen molar-refractivity contribution in [2.75, 3.05) is 11.8 Å². The van der Waals surface area contributed by atoms with Crippen molar-refractivity contribution >= 4 is 26.7 Å². The number of aromatic nitrogens is 3. The van der Waals surface area contributed by atoms with Crippen LogP contribution < -0.4 is 9.46 Å². The molecule has 2 N–H and O–H groups in total. The maximum Gasteiger partial charge on any atom is 0.242 e. The fourth-order valence-corrected chi connectivity index (χ4v) is 3.99. The van der Waals surface area contributed by atoms with E-state index in [1.165, 1.54) is 13.3 Å². The summed E-state index contributed by atoms with van der Waals surface area (Å²) in [6.07, 6.45) is 2.47. The van der Waals surface area contributed by atoms with Crippen LogP contribution in [0.2, 0.25) is 0 Å². The van der Waals surface area contributed by atoms with Gasteiger partial charge in [-0.25, -0.2) is 22.2 Å². The zero-order valence-electron chi connectivity index (χ0n) is 14.6. The molecule has 1 fully saturated rings. The summed E-state index contributed by atoms with van der Waals surface area (Å²) in [5, 5.41) is 6.64. The van der Waals surface area contributed by atoms with E-state index in [1.807, 2.05) is 0 Å². The largest absolute Gasteiger partial charge is 0.479 e. The first-order valence-electron chi connectivity index (χ1n) is 8.29. The molecule has 1 aliphatic carbocycles. The first-order chi connectivity index (χ1) is 13.4. The molecular weight excluding hydrogens is 390 g/mol. The molecule has 10 heteroatoms. The molecule has 2 aromatic heterocycles. The Hall–Kier alpha value is -3.19. The Morgan fingerprint density at radius 3 is 2.79 bits per heavy atom. The van der Waals surface area contributed by atoms with Gasteiger partial charge in [-0.05, 0) is 31.0 Å². The molecule has 0 amide bonds. The van der Waals surface area contributed by atoms with Crippen LogP contribution in [0, 0.1) is 23.5 Å². The highest BCUT2D eigenvalue weighted by atomic mass is 32.2. The summed E-state index contributed by atoms with van der Waals surface area (Å²) >= 11 is 0. The number of pyridine rings is 1. The lowest BCUT2D eigenvalue weighted by Crippen LogP contribution is -2.18. The molecule has 7 nitrogen and oxygen atoms in total. The Balaban J connectivity index is 1.69. The predicted molar refractivity (Wildman–Crippen MR) is 98.3 cm³/mol. The molecule has 1 aliphatic rings. The fraction of sp³-hybridized carbons (Fsp3) is 0.222. The normalized spacial score (nSPS) is 13.8. The van der Waals surface area contributed by atoms with Crippen LogP contribution in [-0.4, -0.2) is 36.0 Å². The molecule has 1 aromatic carbocycles. The van der Waals surface area contributed by atoms with E-state index >= 15 is 0 Å². The first-order valence-corrected chi connectivity index (χ1v) is 9.83. The second kappa shape index (κ2) is 6.76. The fourth-order valence-electron chi connectivity index (χ4n) is 2.60. The molecule has 0 bridgehead atoms. The minimum Gasteiger partial charge on any atom is -0.479 e. The summed E-state index contributed by atoms with van der Waals surface area (Å²) in [4.78, 5) is 4.12. The minimum atomic E-state index is -3.68. The lowest BCUT2D eigenvalue weighted by Gasteiger charge is -2.09. The lowest BCUT2D eigenvalue weighted by molar-refractivity contribution is 0.401. The van der Waals surface area contributed by atoms with Crippen LogP contribution in [-0.2, 0) is 10.0 Å². The zero-order valence-corrected chi connectivity index (χ0v) is 15.4. The van der Waals surface area contributed by atoms with E-state index in [1.54, 1.807) is 6.07 Å². The highest BCUT2D eigenvalue weighted by Gasteiger charge is 2.36. The van der Waals surface area contributed by atoms with Crippen molar-refractivity contribution in [2.24, 2.45) is 0 Å². The molecule has 0 unspecified atom stereocenters. The van der Waals surface area contributed by atoms with Crippen molar-refractivity contribution in [3.8, 4) is 17.7 Å². The molecule has 1 saturated carbocycles. The third-order valence-electron chi connectivity index (χ3n) is 4.21. The molecule has 0 saturated heterocycles. The Bertz CT molecular complexity index is 1240. The highest BCUT2D eigenvalue weighted by Crippen LogP contribution is 2.31. The smallest absolute Gasteiger partial charge is 0.242 e. The number of nitrogens with zero attached hydrogens (tertiary/aromatic N) is 2. The van der Waals surface area contributed by atoms with E-state index in [-0.39, 0.29) is 5.69 Å². The number of rotatable bonds is 4. The third kappa shape index (κ3) is 3.36. The molecule has 0 atom stereocenters. The van der Waals surface area contributed by atoms with Crippen LogP contribution in [0.15, 0.2) is 24.4 Å². The molecule has 28 heavy (non-hydrogen) atoms. The maximum absolute atomic E-state index is 14.7. The molecule has 0 spiro atoms. The van der Waals surface area contributed by atoms with Gasteiger partial charge in [0.05, 0.1) is 29.0 Å². The van der Waals surface area contributed by atoms with Gasteiger partial charge in [0.25, 0.3) is 0 Å². The van der Waals surface area contributed by atoms with Gasteiger partial charge in [-0.15, -0.1) is 5.10 Å². The molecule has 4 rings (SSSR count). The Morgan fingerprint density at radius 1 is 1.29 bits per heavy atom. The number of nitrogens with one attached hydrogen (secondary N) is 2. The number of methoxy groups -OCH3 is 1. The van der Waals surface area contributed by atoms with E-state index in [4.69, 9.17) is 4.74 Å². The van der Waals surface area contributed by atoms with Crippen molar-refractivity contribution in [1.82, 2.24) is 15.2 Å². The van der Waals surface area contributed by atoms with E-state index < -0.39 is 32.5 Å². The van der Waals surface area contributed by atoms with E-state index in [2.05, 4.69) is 31.7 Å². The average Bonchev–Trinajstić information content (AvgIpc) is 3.45. The molecule has 0 radical (unpaired) electrons. The zero-order chi connectivity index (χ0) is 19.9. The predicted octanol–water partition coefficient (Wildman–Crippen LogP) is 2.55. The van der Waals surface area contributed by atoms with Crippen LogP contribution in [0.5, 0.6) is 5.88 Å². The van der Waals surface area contributed by atoms with E-state index in [0.717, 1.165) is 12.1 Å². The van der Waals surface area contributed by atoms with Gasteiger partial charge >= 0.3 is 0 Å². The monoisotopic (exact) mass is 404 g/mol. The molecular formula is C18H14F2N4O3S. The van der Waals surface area contributed by atoms with Crippen molar-refractivity contribution in [3.05, 3.63) is 47.2 Å². The number of hydrogen-bond donors (Lipinski definition) is 2. The number of hydrogen-bond acceptors (Lipinski definition) is 5.